The first-order chi connectivity index (χ1) is 14.1. The number of aromatic nitrogens is 3. The number of methoxy groups -OCH3 is 1. The smallest absolute Gasteiger partial charge is 0.259 e. The average Bonchev–Trinajstić information content (AvgIpc) is 3.07. The van der Waals surface area contributed by atoms with Crippen LogP contribution in [0.4, 0.5) is 11.5 Å². The van der Waals surface area contributed by atoms with Crippen molar-refractivity contribution in [2.24, 2.45) is 5.73 Å². The molecule has 2 atom stereocenters. The van der Waals surface area contributed by atoms with Crippen LogP contribution in [0, 0.1) is 6.92 Å². The first kappa shape index (κ1) is 19.5. The number of carbonyl (C=O) groups is 1. The topological polar surface area (TPSA) is 112 Å². The highest BCUT2D eigenvalue weighted by Crippen LogP contribution is 2.36. The van der Waals surface area contributed by atoms with Crippen molar-refractivity contribution in [3.63, 3.8) is 0 Å². The fourth-order valence-corrected chi connectivity index (χ4v) is 4.69. The van der Waals surface area contributed by atoms with Crippen LogP contribution < -0.4 is 15.8 Å². The summed E-state index contributed by atoms with van der Waals surface area (Å²) in [6.07, 6.45) is 7.38. The van der Waals surface area contributed by atoms with Crippen LogP contribution >= 0.6 is 11.3 Å². The molecule has 9 heteroatoms. The fourth-order valence-electron chi connectivity index (χ4n) is 3.69. The van der Waals surface area contributed by atoms with E-state index in [9.17, 15) is 4.79 Å². The van der Waals surface area contributed by atoms with Gasteiger partial charge in [-0.15, -0.1) is 11.3 Å². The molecule has 0 bridgehead atoms. The molecule has 0 aromatic carbocycles. The minimum absolute atomic E-state index is 0.0546. The molecule has 3 N–H and O–H groups in total. The maximum absolute atomic E-state index is 11.7. The van der Waals surface area contributed by atoms with Gasteiger partial charge in [-0.2, -0.15) is 0 Å². The first-order valence-electron chi connectivity index (χ1n) is 9.52. The van der Waals surface area contributed by atoms with Crippen LogP contribution in [0.2, 0.25) is 0 Å². The number of hydrogen-bond donors (Lipinski definition) is 2. The van der Waals surface area contributed by atoms with Crippen molar-refractivity contribution in [1.29, 1.82) is 0 Å². The van der Waals surface area contributed by atoms with Gasteiger partial charge in [-0.05, 0) is 43.9 Å². The lowest BCUT2D eigenvalue weighted by Gasteiger charge is -2.28. The van der Waals surface area contributed by atoms with Crippen LogP contribution in [-0.2, 0) is 4.74 Å². The predicted molar refractivity (Wildman–Crippen MR) is 112 cm³/mol. The maximum atomic E-state index is 11.7. The Labute approximate surface area is 172 Å². The molecule has 0 spiro atoms. The Bertz CT molecular complexity index is 1040. The van der Waals surface area contributed by atoms with E-state index in [1.165, 1.54) is 17.7 Å². The summed E-state index contributed by atoms with van der Waals surface area (Å²) in [5.74, 6) is 0.642. The fraction of sp³-hybridized carbons (Fsp3) is 0.400. The molecule has 1 amide bonds. The number of fused-ring (bicyclic) bond motifs is 1. The van der Waals surface area contributed by atoms with Gasteiger partial charge in [-0.3, -0.25) is 4.79 Å². The predicted octanol–water partition coefficient (Wildman–Crippen LogP) is 3.57. The third kappa shape index (κ3) is 4.01. The number of aryl methyl sites for hydroxylation is 1. The SMILES string of the molecule is CO[C@H]1CCC[C@H](Oc2ncccc2Nc2ncnc3sc(C(N)=O)c(C)c23)C1. The average molecular weight is 414 g/mol. The Morgan fingerprint density at radius 3 is 2.90 bits per heavy atom. The molecule has 1 aliphatic rings. The summed E-state index contributed by atoms with van der Waals surface area (Å²) in [6, 6.07) is 3.73. The molecule has 4 rings (SSSR count). The Morgan fingerprint density at radius 2 is 2.10 bits per heavy atom. The second-order valence-electron chi connectivity index (χ2n) is 7.07. The highest BCUT2D eigenvalue weighted by atomic mass is 32.1. The van der Waals surface area contributed by atoms with Crippen molar-refractivity contribution in [2.45, 2.75) is 44.8 Å². The van der Waals surface area contributed by atoms with Gasteiger partial charge in [-0.25, -0.2) is 15.0 Å². The normalized spacial score (nSPS) is 19.2. The number of primary amides is 1. The summed E-state index contributed by atoms with van der Waals surface area (Å²) in [7, 11) is 1.74. The summed E-state index contributed by atoms with van der Waals surface area (Å²) < 4.78 is 11.7. The highest BCUT2D eigenvalue weighted by Gasteiger charge is 2.25. The minimum atomic E-state index is -0.466. The van der Waals surface area contributed by atoms with Crippen LogP contribution in [0.3, 0.4) is 0 Å². The number of nitrogens with one attached hydrogen (secondary N) is 1. The minimum Gasteiger partial charge on any atom is -0.473 e. The number of carbonyl (C=O) groups excluding carboxylic acids is 1. The van der Waals surface area contributed by atoms with E-state index >= 15 is 0 Å². The molecule has 8 nitrogen and oxygen atoms in total. The molecule has 3 heterocycles. The van der Waals surface area contributed by atoms with E-state index < -0.39 is 5.91 Å². The lowest BCUT2D eigenvalue weighted by Crippen LogP contribution is -2.29. The van der Waals surface area contributed by atoms with Gasteiger partial charge in [0.1, 0.15) is 28.8 Å². The molecular formula is C20H23N5O3S. The number of rotatable bonds is 6. The third-order valence-corrected chi connectivity index (χ3v) is 6.38. The van der Waals surface area contributed by atoms with Gasteiger partial charge in [0.2, 0.25) is 5.88 Å². The number of nitrogens with two attached hydrogens (primary N) is 1. The van der Waals surface area contributed by atoms with Gasteiger partial charge in [0.15, 0.2) is 0 Å². The lowest BCUT2D eigenvalue weighted by molar-refractivity contribution is 0.0198. The summed E-state index contributed by atoms with van der Waals surface area (Å²) in [4.78, 5) is 26.0. The molecule has 0 unspecified atom stereocenters. The number of amides is 1. The van der Waals surface area contributed by atoms with Crippen molar-refractivity contribution in [3.05, 3.63) is 35.1 Å². The van der Waals surface area contributed by atoms with Crippen LogP contribution in [0.25, 0.3) is 10.2 Å². The molecule has 0 radical (unpaired) electrons. The van der Waals surface area contributed by atoms with E-state index in [0.717, 1.165) is 36.6 Å². The molecule has 0 saturated heterocycles. The van der Waals surface area contributed by atoms with Crippen LogP contribution in [0.15, 0.2) is 24.7 Å². The summed E-state index contributed by atoms with van der Waals surface area (Å²) >= 11 is 1.27. The van der Waals surface area contributed by atoms with Gasteiger partial charge in [0.05, 0.1) is 16.4 Å². The van der Waals surface area contributed by atoms with Gasteiger partial charge in [0.25, 0.3) is 5.91 Å². The number of thiophene rings is 1. The molecule has 3 aromatic heterocycles. The van der Waals surface area contributed by atoms with E-state index in [2.05, 4.69) is 20.3 Å². The first-order valence-corrected chi connectivity index (χ1v) is 10.3. The number of anilines is 2. The zero-order valence-corrected chi connectivity index (χ0v) is 17.2. The van der Waals surface area contributed by atoms with Crippen molar-refractivity contribution < 1.29 is 14.3 Å². The summed E-state index contributed by atoms with van der Waals surface area (Å²) in [5, 5.41) is 4.08. The number of pyridine rings is 1. The third-order valence-electron chi connectivity index (χ3n) is 5.16. The molecule has 1 aliphatic carbocycles. The summed E-state index contributed by atoms with van der Waals surface area (Å²) in [5.41, 5.74) is 6.97. The Hall–Kier alpha value is -2.78. The monoisotopic (exact) mass is 413 g/mol. The Morgan fingerprint density at radius 1 is 1.28 bits per heavy atom. The number of hydrogen-bond acceptors (Lipinski definition) is 8. The van der Waals surface area contributed by atoms with E-state index in [-0.39, 0.29) is 12.2 Å². The van der Waals surface area contributed by atoms with Crippen LogP contribution in [0.1, 0.15) is 40.9 Å². The molecule has 1 saturated carbocycles. The molecule has 3 aromatic rings. The van der Waals surface area contributed by atoms with Gasteiger partial charge < -0.3 is 20.5 Å². The molecule has 1 fully saturated rings. The lowest BCUT2D eigenvalue weighted by atomic mass is 9.95. The quantitative estimate of drug-likeness (QED) is 0.635. The second-order valence-corrected chi connectivity index (χ2v) is 8.07. The highest BCUT2D eigenvalue weighted by molar-refractivity contribution is 7.20. The zero-order valence-electron chi connectivity index (χ0n) is 16.3. The van der Waals surface area contributed by atoms with E-state index in [1.807, 2.05) is 19.1 Å². The van der Waals surface area contributed by atoms with Crippen molar-refractivity contribution in [2.75, 3.05) is 12.4 Å². The standard InChI is InChI=1S/C20H23N5O3S/c1-11-15-18(23-10-24-20(15)29-16(11)17(21)26)25-14-7-4-8-22-19(14)28-13-6-3-5-12(9-13)27-2/h4,7-8,10,12-13H,3,5-6,9H2,1-2H3,(H2,21,26)(H,23,24,25)/t12-,13-/m0/s1. The molecule has 29 heavy (non-hydrogen) atoms. The zero-order chi connectivity index (χ0) is 20.4. The largest absolute Gasteiger partial charge is 0.473 e. The van der Waals surface area contributed by atoms with Gasteiger partial charge >= 0.3 is 0 Å². The van der Waals surface area contributed by atoms with E-state index in [4.69, 9.17) is 15.2 Å². The second kappa shape index (κ2) is 8.30. The molecule has 152 valence electrons. The van der Waals surface area contributed by atoms with Crippen molar-refractivity contribution in [3.8, 4) is 5.88 Å². The van der Waals surface area contributed by atoms with Crippen LogP contribution in [-0.4, -0.2) is 40.2 Å². The van der Waals surface area contributed by atoms with E-state index in [1.54, 1.807) is 13.3 Å². The van der Waals surface area contributed by atoms with Crippen molar-refractivity contribution >= 4 is 39.0 Å². The van der Waals surface area contributed by atoms with Crippen LogP contribution in [0.5, 0.6) is 5.88 Å². The number of ether oxygens (including phenoxy) is 2. The molecule has 0 aliphatic heterocycles. The maximum Gasteiger partial charge on any atom is 0.259 e. The summed E-state index contributed by atoms with van der Waals surface area (Å²) in [6.45, 7) is 1.85. The van der Waals surface area contributed by atoms with Gasteiger partial charge in [0, 0.05) is 19.7 Å². The van der Waals surface area contributed by atoms with E-state index in [0.29, 0.717) is 27.1 Å². The van der Waals surface area contributed by atoms with Gasteiger partial charge in [-0.1, -0.05) is 0 Å². The van der Waals surface area contributed by atoms with Crippen molar-refractivity contribution in [1.82, 2.24) is 15.0 Å². The molecular weight excluding hydrogens is 390 g/mol. The Kier molecular flexibility index (Phi) is 5.59. The Balaban J connectivity index is 1.63. The number of nitrogens with zero attached hydrogens (tertiary/aromatic N) is 3.